The first-order chi connectivity index (χ1) is 19.7. The molecular formula is C31H39ClN2O7. The van der Waals surface area contributed by atoms with Gasteiger partial charge in [-0.3, -0.25) is 10.1 Å². The van der Waals surface area contributed by atoms with Crippen LogP contribution in [0.2, 0.25) is 5.02 Å². The molecule has 0 aromatic heterocycles. The summed E-state index contributed by atoms with van der Waals surface area (Å²) in [6.45, 7) is 0.722. The van der Waals surface area contributed by atoms with Gasteiger partial charge in [-0.2, -0.15) is 0 Å². The smallest absolute Gasteiger partial charge is 0.411 e. The summed E-state index contributed by atoms with van der Waals surface area (Å²) in [6, 6.07) is 10.7. The van der Waals surface area contributed by atoms with Crippen molar-refractivity contribution in [1.29, 1.82) is 0 Å². The average Bonchev–Trinajstić information content (AvgIpc) is 3.53. The number of amides is 1. The summed E-state index contributed by atoms with van der Waals surface area (Å²) in [5.74, 6) is -0.954. The molecule has 2 saturated carbocycles. The summed E-state index contributed by atoms with van der Waals surface area (Å²) in [6.07, 6.45) is 6.89. The number of likely N-dealkylation sites (N-methyl/N-ethyl adjacent to an activating group) is 1. The number of carbonyl (C=O) groups is 3. The molecule has 10 heteroatoms. The van der Waals surface area contributed by atoms with Gasteiger partial charge in [-0.05, 0) is 68.7 Å². The number of ether oxygens (including phenoxy) is 2. The Morgan fingerprint density at radius 3 is 2.44 bits per heavy atom. The van der Waals surface area contributed by atoms with Crippen LogP contribution in [-0.2, 0) is 15.1 Å². The summed E-state index contributed by atoms with van der Waals surface area (Å²) in [5, 5.41) is 24.4. The Labute approximate surface area is 245 Å². The first kappa shape index (κ1) is 30.8. The molecule has 3 N–H and O–H groups in total. The van der Waals surface area contributed by atoms with Crippen molar-refractivity contribution in [3.63, 3.8) is 0 Å². The van der Waals surface area contributed by atoms with Gasteiger partial charge >= 0.3 is 12.1 Å². The van der Waals surface area contributed by atoms with E-state index in [9.17, 15) is 24.6 Å². The zero-order chi connectivity index (χ0) is 29.6. The number of anilines is 1. The molecule has 2 aromatic rings. The zero-order valence-electron chi connectivity index (χ0n) is 23.6. The van der Waals surface area contributed by atoms with E-state index in [1.54, 1.807) is 6.07 Å². The minimum Gasteiger partial charge on any atom is -0.496 e. The Bertz CT molecular complexity index is 1240. The van der Waals surface area contributed by atoms with Crippen LogP contribution >= 0.6 is 11.6 Å². The number of carbonyl (C=O) groups excluding carboxylic acids is 2. The second-order valence-electron chi connectivity index (χ2n) is 11.1. The number of rotatable bonds is 11. The molecule has 0 saturated heterocycles. The number of aldehydes is 1. The lowest BCUT2D eigenvalue weighted by molar-refractivity contribution is -0.166. The van der Waals surface area contributed by atoms with Crippen molar-refractivity contribution in [2.75, 3.05) is 32.6 Å². The van der Waals surface area contributed by atoms with Gasteiger partial charge < -0.3 is 24.6 Å². The van der Waals surface area contributed by atoms with Crippen molar-refractivity contribution in [1.82, 2.24) is 4.90 Å². The van der Waals surface area contributed by atoms with E-state index in [1.165, 1.54) is 19.2 Å². The molecule has 41 heavy (non-hydrogen) atoms. The zero-order valence-corrected chi connectivity index (χ0v) is 24.4. The van der Waals surface area contributed by atoms with Crippen LogP contribution in [0.25, 0.3) is 0 Å². The summed E-state index contributed by atoms with van der Waals surface area (Å²) >= 11 is 6.17. The van der Waals surface area contributed by atoms with Crippen molar-refractivity contribution in [3.05, 3.63) is 58.1 Å². The first-order valence-corrected chi connectivity index (χ1v) is 14.6. The van der Waals surface area contributed by atoms with Gasteiger partial charge in [-0.15, -0.1) is 0 Å². The number of carboxylic acids is 1. The van der Waals surface area contributed by atoms with Gasteiger partial charge in [0.2, 0.25) is 0 Å². The quantitative estimate of drug-likeness (QED) is 0.281. The van der Waals surface area contributed by atoms with E-state index in [-0.39, 0.29) is 34.7 Å². The number of methoxy groups -OCH3 is 1. The second-order valence-corrected chi connectivity index (χ2v) is 11.5. The van der Waals surface area contributed by atoms with Crippen LogP contribution in [0.3, 0.4) is 0 Å². The number of aliphatic carboxylic acids is 1. The van der Waals surface area contributed by atoms with Crippen molar-refractivity contribution in [2.45, 2.75) is 68.9 Å². The second kappa shape index (κ2) is 13.7. The van der Waals surface area contributed by atoms with Gasteiger partial charge in [-0.1, -0.05) is 48.7 Å². The van der Waals surface area contributed by atoms with Crippen LogP contribution in [0, 0.1) is 5.92 Å². The molecule has 0 unspecified atom stereocenters. The number of hydrogen-bond acceptors (Lipinski definition) is 7. The third-order valence-corrected chi connectivity index (χ3v) is 9.08. The molecule has 2 aliphatic carbocycles. The molecule has 0 spiro atoms. The molecule has 2 fully saturated rings. The van der Waals surface area contributed by atoms with Gasteiger partial charge in [0.25, 0.3) is 0 Å². The highest BCUT2D eigenvalue weighted by molar-refractivity contribution is 6.34. The van der Waals surface area contributed by atoms with Crippen molar-refractivity contribution < 1.29 is 34.1 Å². The van der Waals surface area contributed by atoms with Crippen LogP contribution in [-0.4, -0.2) is 66.8 Å². The summed E-state index contributed by atoms with van der Waals surface area (Å²) in [4.78, 5) is 38.1. The van der Waals surface area contributed by atoms with Crippen LogP contribution in [0.1, 0.15) is 78.8 Å². The SMILES string of the molecule is COc1cc(NC(=O)OCCN(C)[C@H]2CC[C@H](c3ccccc3[C@@](O)(C(=O)O)C3CCCC3)CC2)c(Cl)cc1C=O. The molecule has 222 valence electrons. The Morgan fingerprint density at radius 2 is 1.80 bits per heavy atom. The maximum Gasteiger partial charge on any atom is 0.411 e. The molecule has 0 heterocycles. The highest BCUT2D eigenvalue weighted by Crippen LogP contribution is 2.45. The van der Waals surface area contributed by atoms with E-state index in [0.29, 0.717) is 30.2 Å². The number of aliphatic hydroxyl groups is 1. The average molecular weight is 587 g/mol. The maximum atomic E-state index is 12.4. The molecule has 0 aliphatic heterocycles. The van der Waals surface area contributed by atoms with Crippen molar-refractivity contribution in [2.24, 2.45) is 5.92 Å². The van der Waals surface area contributed by atoms with Crippen molar-refractivity contribution in [3.8, 4) is 5.75 Å². The minimum atomic E-state index is -1.86. The molecule has 9 nitrogen and oxygen atoms in total. The van der Waals surface area contributed by atoms with E-state index >= 15 is 0 Å². The number of nitrogens with zero attached hydrogens (tertiary/aromatic N) is 1. The number of halogens is 1. The van der Waals surface area contributed by atoms with Crippen molar-refractivity contribution >= 4 is 35.6 Å². The van der Waals surface area contributed by atoms with E-state index < -0.39 is 17.7 Å². The monoisotopic (exact) mass is 586 g/mol. The molecule has 0 bridgehead atoms. The Hall–Kier alpha value is -3.14. The summed E-state index contributed by atoms with van der Waals surface area (Å²) in [7, 11) is 3.43. The minimum absolute atomic E-state index is 0.178. The fourth-order valence-electron chi connectivity index (χ4n) is 6.43. The fourth-order valence-corrected chi connectivity index (χ4v) is 6.64. The van der Waals surface area contributed by atoms with Crippen LogP contribution in [0.4, 0.5) is 10.5 Å². The Kier molecular flexibility index (Phi) is 10.3. The predicted octanol–water partition coefficient (Wildman–Crippen LogP) is 5.83. The van der Waals surface area contributed by atoms with Gasteiger partial charge in [0.15, 0.2) is 11.9 Å². The standard InChI is InChI=1S/C31H39ClN2O7/c1-34(15-16-41-30(38)33-27-18-28(40-2)21(19-35)17-26(27)32)23-13-11-20(12-14-23)24-9-5-6-10-25(24)31(39,29(36)37)22-7-3-4-8-22/h5-6,9-10,17-20,22-23,39H,3-4,7-8,11-16H2,1-2H3,(H,33,38)(H,36,37)/t20-,23-,31-/m1/s1. The Morgan fingerprint density at radius 1 is 1.12 bits per heavy atom. The van der Waals surface area contributed by atoms with Gasteiger partial charge in [0.05, 0.1) is 23.4 Å². The number of hydrogen-bond donors (Lipinski definition) is 3. The summed E-state index contributed by atoms with van der Waals surface area (Å²) in [5.41, 5.74) is 0.206. The third-order valence-electron chi connectivity index (χ3n) is 8.76. The van der Waals surface area contributed by atoms with E-state index in [4.69, 9.17) is 21.1 Å². The van der Waals surface area contributed by atoms with Crippen LogP contribution in [0.15, 0.2) is 36.4 Å². The normalized spacial score (nSPS) is 20.8. The maximum absolute atomic E-state index is 12.4. The summed E-state index contributed by atoms with van der Waals surface area (Å²) < 4.78 is 10.5. The third kappa shape index (κ3) is 6.85. The van der Waals surface area contributed by atoms with Crippen LogP contribution < -0.4 is 10.1 Å². The van der Waals surface area contributed by atoms with Gasteiger partial charge in [-0.25, -0.2) is 9.59 Å². The lowest BCUT2D eigenvalue weighted by Gasteiger charge is -2.38. The molecule has 4 rings (SSSR count). The largest absolute Gasteiger partial charge is 0.496 e. The highest BCUT2D eigenvalue weighted by atomic mass is 35.5. The molecule has 1 atom stereocenters. The number of nitrogens with one attached hydrogen (secondary N) is 1. The lowest BCUT2D eigenvalue weighted by atomic mass is 9.73. The molecule has 0 radical (unpaired) electrons. The first-order valence-electron chi connectivity index (χ1n) is 14.2. The van der Waals surface area contributed by atoms with Gasteiger partial charge in [0, 0.05) is 24.6 Å². The topological polar surface area (TPSA) is 125 Å². The van der Waals surface area contributed by atoms with Crippen LogP contribution in [0.5, 0.6) is 5.75 Å². The number of benzene rings is 2. The van der Waals surface area contributed by atoms with E-state index in [2.05, 4.69) is 10.2 Å². The molecule has 1 amide bonds. The van der Waals surface area contributed by atoms with E-state index in [1.807, 2.05) is 25.2 Å². The fraction of sp³-hybridized carbons (Fsp3) is 0.516. The lowest BCUT2D eigenvalue weighted by Crippen LogP contribution is -2.43. The molecular weight excluding hydrogens is 548 g/mol. The molecule has 2 aliphatic rings. The van der Waals surface area contributed by atoms with E-state index in [0.717, 1.165) is 56.9 Å². The van der Waals surface area contributed by atoms with Gasteiger partial charge in [0.1, 0.15) is 12.4 Å². The molecule has 2 aromatic carbocycles. The predicted molar refractivity (Wildman–Crippen MR) is 156 cm³/mol. The Balaban J connectivity index is 1.30. The highest BCUT2D eigenvalue weighted by Gasteiger charge is 2.48. The number of carboxylic acid groups (broad SMARTS) is 1.